The maximum absolute atomic E-state index is 11.1. The van der Waals surface area contributed by atoms with Crippen LogP contribution in [0.25, 0.3) is 0 Å². The smallest absolute Gasteiger partial charge is 0.130 e. The zero-order valence-electron chi connectivity index (χ0n) is 34.2. The monoisotopic (exact) mass is 681 g/mol. The van der Waals surface area contributed by atoms with Gasteiger partial charge in [0.1, 0.15) is 17.3 Å². The maximum Gasteiger partial charge on any atom is 0.130 e. The number of carbonyl (C=O) groups excluding carboxylic acids is 3. The van der Waals surface area contributed by atoms with Crippen molar-refractivity contribution in [1.29, 1.82) is 0 Å². The van der Waals surface area contributed by atoms with E-state index in [1.54, 1.807) is 42.3 Å². The number of hydrogen-bond acceptors (Lipinski definition) is 9. The molecule has 0 aromatic heterocycles. The van der Waals surface area contributed by atoms with Gasteiger partial charge in [0.15, 0.2) is 0 Å². The van der Waals surface area contributed by atoms with Crippen LogP contribution in [0.3, 0.4) is 0 Å². The number of rotatable bonds is 21. The molecule has 0 radical (unpaired) electrons. The second-order valence-electron chi connectivity index (χ2n) is 13.3. The Labute approximate surface area is 291 Å². The van der Waals surface area contributed by atoms with Crippen LogP contribution in [0.5, 0.6) is 0 Å². The predicted molar refractivity (Wildman–Crippen MR) is 196 cm³/mol. The van der Waals surface area contributed by atoms with Crippen LogP contribution in [0.15, 0.2) is 0 Å². The molecule has 0 aliphatic carbocycles. The summed E-state index contributed by atoms with van der Waals surface area (Å²) in [5.41, 5.74) is 0. The molecule has 0 fully saturated rings. The summed E-state index contributed by atoms with van der Waals surface area (Å²) in [7, 11) is 6.82. The van der Waals surface area contributed by atoms with E-state index in [9.17, 15) is 14.4 Å². The maximum atomic E-state index is 11.1. The third-order valence-electron chi connectivity index (χ3n) is 6.38. The lowest BCUT2D eigenvalue weighted by atomic mass is 9.98. The van der Waals surface area contributed by atoms with E-state index < -0.39 is 0 Å². The first kappa shape index (κ1) is 55.2. The topological polar surface area (TPSA) is 107 Å². The SMILES string of the molecule is CC(C)=O.CCC(C)OC.COC(C)CC(C)OC(C)CC(C)OC(C)CC(C)CC(C)=O.COCC(C)C.COCCCC(C)=O. The first-order valence-electron chi connectivity index (χ1n) is 17.5. The van der Waals surface area contributed by atoms with Gasteiger partial charge in [0, 0.05) is 54.5 Å². The predicted octanol–water partition coefficient (Wildman–Crippen LogP) is 8.71. The summed E-state index contributed by atoms with van der Waals surface area (Å²) in [6, 6.07) is 0. The average Bonchev–Trinajstić information content (AvgIpc) is 2.92. The lowest BCUT2D eigenvalue weighted by molar-refractivity contribution is -0.118. The molecule has 47 heavy (non-hydrogen) atoms. The van der Waals surface area contributed by atoms with Gasteiger partial charge in [-0.1, -0.05) is 27.7 Å². The molecule has 286 valence electrons. The zero-order chi connectivity index (χ0) is 38.0. The highest BCUT2D eigenvalue weighted by atomic mass is 16.5. The van der Waals surface area contributed by atoms with Gasteiger partial charge in [0.2, 0.25) is 0 Å². The largest absolute Gasteiger partial charge is 0.385 e. The lowest BCUT2D eigenvalue weighted by Gasteiger charge is -2.26. The van der Waals surface area contributed by atoms with Gasteiger partial charge in [-0.05, 0) is 113 Å². The molecule has 9 nitrogen and oxygen atoms in total. The molecular formula is C38H80O9. The fourth-order valence-electron chi connectivity index (χ4n) is 4.15. The Balaban J connectivity index is -0.000000197. The van der Waals surface area contributed by atoms with E-state index in [1.807, 2.05) is 0 Å². The molecule has 7 atom stereocenters. The van der Waals surface area contributed by atoms with E-state index in [0.29, 0.717) is 37.4 Å². The van der Waals surface area contributed by atoms with E-state index in [0.717, 1.165) is 38.7 Å². The van der Waals surface area contributed by atoms with Crippen LogP contribution >= 0.6 is 0 Å². The van der Waals surface area contributed by atoms with Gasteiger partial charge in [-0.25, -0.2) is 0 Å². The summed E-state index contributed by atoms with van der Waals surface area (Å²) < 4.78 is 31.8. The summed E-state index contributed by atoms with van der Waals surface area (Å²) >= 11 is 0. The first-order chi connectivity index (χ1) is 21.7. The van der Waals surface area contributed by atoms with Crippen molar-refractivity contribution in [3.05, 3.63) is 0 Å². The minimum absolute atomic E-state index is 0.150. The number of methoxy groups -OCH3 is 4. The van der Waals surface area contributed by atoms with Crippen molar-refractivity contribution in [2.45, 2.75) is 179 Å². The molecule has 0 rings (SSSR count). The molecule has 0 saturated carbocycles. The highest BCUT2D eigenvalue weighted by molar-refractivity contribution is 5.75. The van der Waals surface area contributed by atoms with Gasteiger partial charge in [-0.3, -0.25) is 0 Å². The van der Waals surface area contributed by atoms with E-state index in [-0.39, 0.29) is 47.9 Å². The molecule has 7 unspecified atom stereocenters. The van der Waals surface area contributed by atoms with Gasteiger partial charge in [0.05, 0.1) is 36.6 Å². The molecular weight excluding hydrogens is 600 g/mol. The number of hydrogen-bond donors (Lipinski definition) is 0. The number of Topliss-reactive ketones (excluding diaryl/α,β-unsaturated/α-hetero) is 3. The molecule has 0 saturated heterocycles. The fraction of sp³-hybridized carbons (Fsp3) is 0.921. The average molecular weight is 681 g/mol. The van der Waals surface area contributed by atoms with Crippen molar-refractivity contribution in [3.63, 3.8) is 0 Å². The number of ether oxygens (including phenoxy) is 6. The lowest BCUT2D eigenvalue weighted by Crippen LogP contribution is -2.27. The van der Waals surface area contributed by atoms with Crippen LogP contribution in [0.4, 0.5) is 0 Å². The first-order valence-corrected chi connectivity index (χ1v) is 17.5. The standard InChI is InChI=1S/C19H38O4.C6H12O2.2C5H12O.C3H6O/c1-13(9-14(2)20)10-16(4)22-18(6)12-19(7)23-17(5)11-15(3)21-8;1-6(7)4-3-5-8-2;1-5(2)4-6-3;1-4-5(2)6-3;1-3(2)4/h13,15-19H,9-12H2,1-8H3;3-5H2,1-2H3;2*5H,4H2,1-3H3;1-2H3. The Kier molecular flexibility index (Phi) is 46.0. The molecule has 0 bridgehead atoms. The van der Waals surface area contributed by atoms with Gasteiger partial charge < -0.3 is 42.8 Å². The summed E-state index contributed by atoms with van der Waals surface area (Å²) in [5.74, 6) is 1.70. The normalized spacial score (nSPS) is 14.9. The van der Waals surface area contributed by atoms with Crippen LogP contribution in [-0.4, -0.2) is 95.6 Å². The fourth-order valence-corrected chi connectivity index (χ4v) is 4.15. The van der Waals surface area contributed by atoms with Crippen molar-refractivity contribution in [2.75, 3.05) is 41.7 Å². The van der Waals surface area contributed by atoms with Crippen molar-refractivity contribution < 1.29 is 42.8 Å². The second kappa shape index (κ2) is 39.2. The van der Waals surface area contributed by atoms with E-state index in [4.69, 9.17) is 28.4 Å². The van der Waals surface area contributed by atoms with Crippen molar-refractivity contribution in [1.82, 2.24) is 0 Å². The summed E-state index contributed by atoms with van der Waals surface area (Å²) in [4.78, 5) is 30.8. The Morgan fingerprint density at radius 1 is 0.553 bits per heavy atom. The molecule has 0 aromatic rings. The molecule has 9 heteroatoms. The van der Waals surface area contributed by atoms with Crippen LogP contribution in [0.1, 0.15) is 142 Å². The van der Waals surface area contributed by atoms with Crippen LogP contribution in [-0.2, 0) is 42.8 Å². The number of carbonyl (C=O) groups is 3. The Morgan fingerprint density at radius 2 is 0.957 bits per heavy atom. The molecule has 0 heterocycles. The van der Waals surface area contributed by atoms with Gasteiger partial charge in [-0.15, -0.1) is 0 Å². The van der Waals surface area contributed by atoms with Gasteiger partial charge in [0.25, 0.3) is 0 Å². The highest BCUT2D eigenvalue weighted by Crippen LogP contribution is 2.17. The van der Waals surface area contributed by atoms with Crippen molar-refractivity contribution in [2.24, 2.45) is 11.8 Å². The van der Waals surface area contributed by atoms with Crippen molar-refractivity contribution >= 4 is 17.3 Å². The third-order valence-corrected chi connectivity index (χ3v) is 6.38. The minimum atomic E-state index is 0.150. The molecule has 0 amide bonds. The van der Waals surface area contributed by atoms with Crippen LogP contribution < -0.4 is 0 Å². The van der Waals surface area contributed by atoms with E-state index in [2.05, 4.69) is 69.2 Å². The molecule has 0 aromatic carbocycles. The van der Waals surface area contributed by atoms with Gasteiger partial charge in [-0.2, -0.15) is 0 Å². The van der Waals surface area contributed by atoms with E-state index in [1.165, 1.54) is 13.8 Å². The molecule has 0 aliphatic rings. The van der Waals surface area contributed by atoms with Crippen LogP contribution in [0.2, 0.25) is 0 Å². The van der Waals surface area contributed by atoms with Gasteiger partial charge >= 0.3 is 0 Å². The highest BCUT2D eigenvalue weighted by Gasteiger charge is 2.18. The minimum Gasteiger partial charge on any atom is -0.385 e. The number of ketones is 3. The third kappa shape index (κ3) is 60.6. The zero-order valence-corrected chi connectivity index (χ0v) is 34.2. The molecule has 0 spiro atoms. The van der Waals surface area contributed by atoms with E-state index >= 15 is 0 Å². The second-order valence-corrected chi connectivity index (χ2v) is 13.3. The Bertz CT molecular complexity index is 676. The quantitative estimate of drug-likeness (QED) is 0.110. The Hall–Kier alpha value is -1.23. The van der Waals surface area contributed by atoms with Crippen molar-refractivity contribution in [3.8, 4) is 0 Å². The Morgan fingerprint density at radius 3 is 1.21 bits per heavy atom. The van der Waals surface area contributed by atoms with Crippen LogP contribution in [0, 0.1) is 11.8 Å². The summed E-state index contributed by atoms with van der Waals surface area (Å²) in [5, 5.41) is 0. The summed E-state index contributed by atoms with van der Waals surface area (Å²) in [6.07, 6.45) is 7.24. The molecule has 0 N–H and O–H groups in total. The summed E-state index contributed by atoms with van der Waals surface area (Å²) in [6.45, 7) is 28.8. The molecule has 0 aliphatic heterocycles.